The molecule has 1 unspecified atom stereocenters. The maximum absolute atomic E-state index is 13.7. The van der Waals surface area contributed by atoms with Gasteiger partial charge in [0.2, 0.25) is 0 Å². The number of nitrogens with zero attached hydrogens (tertiary/aromatic N) is 3. The van der Waals surface area contributed by atoms with E-state index in [9.17, 15) is 22.4 Å². The van der Waals surface area contributed by atoms with Crippen molar-refractivity contribution in [3.63, 3.8) is 0 Å². The monoisotopic (exact) mass is 502 g/mol. The second-order valence-corrected chi connectivity index (χ2v) is 8.88. The second kappa shape index (κ2) is 9.91. The number of benzene rings is 1. The summed E-state index contributed by atoms with van der Waals surface area (Å²) in [5, 5.41) is -0.0502. The van der Waals surface area contributed by atoms with Crippen LogP contribution < -0.4 is 15.4 Å². The van der Waals surface area contributed by atoms with E-state index in [0.29, 0.717) is 37.6 Å². The molecule has 4 rings (SSSR count). The van der Waals surface area contributed by atoms with Crippen LogP contribution in [-0.4, -0.2) is 47.5 Å². The van der Waals surface area contributed by atoms with Crippen LogP contribution in [0.5, 0.6) is 5.75 Å². The van der Waals surface area contributed by atoms with Crippen LogP contribution in [0.2, 0.25) is 5.02 Å². The van der Waals surface area contributed by atoms with Gasteiger partial charge in [-0.1, -0.05) is 11.6 Å². The normalized spacial score (nSPS) is 22.2. The first-order chi connectivity index (χ1) is 16.1. The van der Waals surface area contributed by atoms with Gasteiger partial charge in [-0.3, -0.25) is 9.53 Å². The lowest BCUT2D eigenvalue weighted by atomic mass is 9.81. The molecule has 1 aromatic carbocycles. The van der Waals surface area contributed by atoms with E-state index < -0.39 is 30.3 Å². The van der Waals surface area contributed by atoms with Crippen molar-refractivity contribution >= 4 is 23.3 Å². The standard InChI is InChI=1S/C22H23ClF4N4O3/c23-16-2-1-14(11-17(16)24)33-19(20(28)32)12-4-7-31(8-5-12)18-3-6-29-21(30-18)13-9-15(10-13)34-22(25,26)27/h1-3,6,11-13,15,19H,4-5,7-10H2,(H2,28,32). The Morgan fingerprint density at radius 1 is 1.21 bits per heavy atom. The summed E-state index contributed by atoms with van der Waals surface area (Å²) in [7, 11) is 0. The number of alkyl halides is 3. The molecule has 34 heavy (non-hydrogen) atoms. The number of halogens is 5. The van der Waals surface area contributed by atoms with Gasteiger partial charge in [0, 0.05) is 37.2 Å². The Balaban J connectivity index is 1.34. The van der Waals surface area contributed by atoms with Crippen LogP contribution in [-0.2, 0) is 9.53 Å². The molecule has 1 aromatic heterocycles. The minimum atomic E-state index is -4.64. The first-order valence-electron chi connectivity index (χ1n) is 10.8. The molecule has 2 fully saturated rings. The first-order valence-corrected chi connectivity index (χ1v) is 11.2. The molecule has 0 bridgehead atoms. The fourth-order valence-electron chi connectivity index (χ4n) is 4.31. The highest BCUT2D eigenvalue weighted by Gasteiger charge is 2.41. The van der Waals surface area contributed by atoms with Crippen molar-refractivity contribution in [1.82, 2.24) is 9.97 Å². The third-order valence-corrected chi connectivity index (χ3v) is 6.45. The van der Waals surface area contributed by atoms with E-state index in [-0.39, 0.29) is 35.4 Å². The molecule has 1 aliphatic carbocycles. The van der Waals surface area contributed by atoms with E-state index in [1.807, 2.05) is 4.90 Å². The van der Waals surface area contributed by atoms with Gasteiger partial charge in [-0.15, -0.1) is 13.2 Å². The maximum atomic E-state index is 13.7. The van der Waals surface area contributed by atoms with Crippen LogP contribution in [0.1, 0.15) is 37.4 Å². The Morgan fingerprint density at radius 2 is 1.91 bits per heavy atom. The van der Waals surface area contributed by atoms with Gasteiger partial charge in [0.1, 0.15) is 23.2 Å². The topological polar surface area (TPSA) is 90.6 Å². The zero-order chi connectivity index (χ0) is 24.5. The number of aromatic nitrogens is 2. The van der Waals surface area contributed by atoms with Crippen LogP contribution in [0.4, 0.5) is 23.4 Å². The number of hydrogen-bond donors (Lipinski definition) is 1. The van der Waals surface area contributed by atoms with Crippen molar-refractivity contribution in [1.29, 1.82) is 0 Å². The Labute approximate surface area is 198 Å². The smallest absolute Gasteiger partial charge is 0.480 e. The van der Waals surface area contributed by atoms with Crippen molar-refractivity contribution in [3.8, 4) is 5.75 Å². The minimum absolute atomic E-state index is 0.0502. The summed E-state index contributed by atoms with van der Waals surface area (Å²) in [6, 6.07) is 5.67. The second-order valence-electron chi connectivity index (χ2n) is 8.47. The molecule has 2 heterocycles. The predicted octanol–water partition coefficient (Wildman–Crippen LogP) is 4.20. The zero-order valence-corrected chi connectivity index (χ0v) is 18.7. The van der Waals surface area contributed by atoms with Crippen molar-refractivity contribution in [3.05, 3.63) is 47.1 Å². The lowest BCUT2D eigenvalue weighted by Crippen LogP contribution is -2.46. The van der Waals surface area contributed by atoms with Crippen LogP contribution >= 0.6 is 11.6 Å². The average molecular weight is 503 g/mol. The predicted molar refractivity (Wildman–Crippen MR) is 115 cm³/mol. The molecule has 2 aliphatic rings. The van der Waals surface area contributed by atoms with Gasteiger partial charge in [0.25, 0.3) is 5.91 Å². The van der Waals surface area contributed by atoms with Crippen LogP contribution in [0.3, 0.4) is 0 Å². The third-order valence-electron chi connectivity index (χ3n) is 6.15. The van der Waals surface area contributed by atoms with Gasteiger partial charge in [0.05, 0.1) is 11.1 Å². The maximum Gasteiger partial charge on any atom is 0.522 e. The fourth-order valence-corrected chi connectivity index (χ4v) is 4.43. The number of primary amides is 1. The number of piperidine rings is 1. The molecule has 184 valence electrons. The van der Waals surface area contributed by atoms with Crippen molar-refractivity contribution in [2.75, 3.05) is 18.0 Å². The number of carbonyl (C=O) groups excluding carboxylic acids is 1. The zero-order valence-electron chi connectivity index (χ0n) is 18.0. The number of amides is 1. The van der Waals surface area contributed by atoms with Gasteiger partial charge in [-0.2, -0.15) is 0 Å². The molecular weight excluding hydrogens is 480 g/mol. The lowest BCUT2D eigenvalue weighted by molar-refractivity contribution is -0.352. The third kappa shape index (κ3) is 5.87. The van der Waals surface area contributed by atoms with Crippen molar-refractivity contribution in [2.24, 2.45) is 11.7 Å². The van der Waals surface area contributed by atoms with Gasteiger partial charge in [-0.25, -0.2) is 14.4 Å². The van der Waals surface area contributed by atoms with Crippen LogP contribution in [0, 0.1) is 11.7 Å². The van der Waals surface area contributed by atoms with Gasteiger partial charge >= 0.3 is 6.36 Å². The molecule has 1 amide bonds. The van der Waals surface area contributed by atoms with E-state index in [1.165, 1.54) is 12.1 Å². The highest BCUT2D eigenvalue weighted by atomic mass is 35.5. The molecular formula is C22H23ClF4N4O3. The van der Waals surface area contributed by atoms with Crippen LogP contribution in [0.15, 0.2) is 30.5 Å². The summed E-state index contributed by atoms with van der Waals surface area (Å²) in [5.41, 5.74) is 5.55. The van der Waals surface area contributed by atoms with E-state index in [0.717, 1.165) is 6.07 Å². The summed E-state index contributed by atoms with van der Waals surface area (Å²) in [6.45, 7) is 1.13. The fraction of sp³-hybridized carbons (Fsp3) is 0.500. The van der Waals surface area contributed by atoms with Gasteiger partial charge < -0.3 is 15.4 Å². The molecule has 1 saturated heterocycles. The van der Waals surface area contributed by atoms with E-state index in [1.54, 1.807) is 12.3 Å². The first kappa shape index (κ1) is 24.5. The van der Waals surface area contributed by atoms with Crippen molar-refractivity contribution in [2.45, 2.75) is 50.2 Å². The molecule has 0 spiro atoms. The number of ether oxygens (including phenoxy) is 2. The summed E-state index contributed by atoms with van der Waals surface area (Å²) in [4.78, 5) is 22.8. The highest BCUT2D eigenvalue weighted by molar-refractivity contribution is 6.30. The molecule has 2 aromatic rings. The summed E-state index contributed by atoms with van der Waals surface area (Å²) >= 11 is 5.69. The SMILES string of the molecule is NC(=O)C(Oc1ccc(Cl)c(F)c1)C1CCN(c2ccnc(C3CC(OC(F)(F)F)C3)n2)CC1. The summed E-state index contributed by atoms with van der Waals surface area (Å²) < 4.78 is 60.5. The number of carbonyl (C=O) groups is 1. The molecule has 1 aliphatic heterocycles. The average Bonchev–Trinajstić information content (AvgIpc) is 2.76. The Kier molecular flexibility index (Phi) is 7.13. The molecule has 2 N–H and O–H groups in total. The molecule has 0 radical (unpaired) electrons. The van der Waals surface area contributed by atoms with Gasteiger partial charge in [-0.05, 0) is 43.9 Å². The molecule has 1 atom stereocenters. The lowest BCUT2D eigenvalue weighted by Gasteiger charge is -2.37. The van der Waals surface area contributed by atoms with E-state index in [4.69, 9.17) is 22.1 Å². The minimum Gasteiger partial charge on any atom is -0.480 e. The Morgan fingerprint density at radius 3 is 2.53 bits per heavy atom. The number of nitrogens with two attached hydrogens (primary N) is 1. The Bertz CT molecular complexity index is 1030. The van der Waals surface area contributed by atoms with E-state index in [2.05, 4.69) is 14.7 Å². The molecule has 1 saturated carbocycles. The van der Waals surface area contributed by atoms with Gasteiger partial charge in [0.15, 0.2) is 6.10 Å². The van der Waals surface area contributed by atoms with Crippen molar-refractivity contribution < 1.29 is 31.8 Å². The van der Waals surface area contributed by atoms with E-state index >= 15 is 0 Å². The van der Waals surface area contributed by atoms with Crippen LogP contribution in [0.25, 0.3) is 0 Å². The number of rotatable bonds is 7. The molecule has 7 nitrogen and oxygen atoms in total. The number of anilines is 1. The quantitative estimate of drug-likeness (QED) is 0.571. The molecule has 12 heteroatoms. The largest absolute Gasteiger partial charge is 0.522 e. The highest BCUT2D eigenvalue weighted by Crippen LogP contribution is 2.40. The summed E-state index contributed by atoms with van der Waals surface area (Å²) in [6.07, 6.45) is -3.26. The Hall–Kier alpha value is -2.66. The number of hydrogen-bond acceptors (Lipinski definition) is 6. The summed E-state index contributed by atoms with van der Waals surface area (Å²) in [5.74, 6) is -0.331.